The van der Waals surface area contributed by atoms with Crippen molar-refractivity contribution in [2.24, 2.45) is 0 Å². The zero-order valence-electron chi connectivity index (χ0n) is 10.9. The molecule has 0 aromatic heterocycles. The number of hydrogen-bond acceptors (Lipinski definition) is 1. The van der Waals surface area contributed by atoms with E-state index in [2.05, 4.69) is 18.5 Å². The molecule has 102 valence electrons. The van der Waals surface area contributed by atoms with Crippen molar-refractivity contribution in [1.29, 1.82) is 0 Å². The van der Waals surface area contributed by atoms with Crippen LogP contribution in [-0.4, -0.2) is 30.6 Å². The van der Waals surface area contributed by atoms with E-state index in [1.165, 1.54) is 12.1 Å². The first-order valence-electron chi connectivity index (χ1n) is 6.16. The summed E-state index contributed by atoms with van der Waals surface area (Å²) in [6.45, 7) is 8.62. The van der Waals surface area contributed by atoms with Crippen molar-refractivity contribution in [1.82, 2.24) is 10.2 Å². The summed E-state index contributed by atoms with van der Waals surface area (Å²) in [5.74, 6) is -0.260. The third-order valence-corrected chi connectivity index (χ3v) is 2.57. The average molecular weight is 262 g/mol. The molecule has 0 saturated heterocycles. The SMILES string of the molecule is C=CCN(CC=C)C(=O)NCCc1cccc(F)c1. The molecule has 0 spiro atoms. The number of nitrogens with zero attached hydrogens (tertiary/aromatic N) is 1. The highest BCUT2D eigenvalue weighted by Crippen LogP contribution is 2.03. The number of hydrogen-bond donors (Lipinski definition) is 1. The smallest absolute Gasteiger partial charge is 0.317 e. The molecule has 19 heavy (non-hydrogen) atoms. The van der Waals surface area contributed by atoms with Crippen molar-refractivity contribution >= 4 is 6.03 Å². The molecule has 0 radical (unpaired) electrons. The highest BCUT2D eigenvalue weighted by atomic mass is 19.1. The van der Waals surface area contributed by atoms with E-state index in [0.717, 1.165) is 5.56 Å². The molecule has 2 amide bonds. The maximum atomic E-state index is 13.0. The predicted molar refractivity (Wildman–Crippen MR) is 75.5 cm³/mol. The van der Waals surface area contributed by atoms with Gasteiger partial charge >= 0.3 is 6.03 Å². The third-order valence-electron chi connectivity index (χ3n) is 2.57. The fourth-order valence-corrected chi connectivity index (χ4v) is 1.67. The number of carbonyl (C=O) groups is 1. The summed E-state index contributed by atoms with van der Waals surface area (Å²) >= 11 is 0. The number of halogens is 1. The minimum Gasteiger partial charge on any atom is -0.338 e. The third kappa shape index (κ3) is 5.38. The van der Waals surface area contributed by atoms with Crippen molar-refractivity contribution in [2.45, 2.75) is 6.42 Å². The molecular weight excluding hydrogens is 243 g/mol. The van der Waals surface area contributed by atoms with Gasteiger partial charge in [0.2, 0.25) is 0 Å². The first kappa shape index (κ1) is 15.0. The summed E-state index contributed by atoms with van der Waals surface area (Å²) in [5, 5.41) is 2.79. The quantitative estimate of drug-likeness (QED) is 0.753. The maximum absolute atomic E-state index is 13.0. The van der Waals surface area contributed by atoms with E-state index in [4.69, 9.17) is 0 Å². The van der Waals surface area contributed by atoms with Gasteiger partial charge in [0.25, 0.3) is 0 Å². The van der Waals surface area contributed by atoms with Crippen LogP contribution in [0.4, 0.5) is 9.18 Å². The van der Waals surface area contributed by atoms with Crippen molar-refractivity contribution in [2.75, 3.05) is 19.6 Å². The van der Waals surface area contributed by atoms with E-state index in [1.54, 1.807) is 23.1 Å². The Morgan fingerprint density at radius 3 is 2.58 bits per heavy atom. The van der Waals surface area contributed by atoms with E-state index < -0.39 is 0 Å². The molecule has 0 bridgehead atoms. The van der Waals surface area contributed by atoms with Crippen molar-refractivity contribution in [3.8, 4) is 0 Å². The first-order valence-corrected chi connectivity index (χ1v) is 6.16. The Bertz CT molecular complexity index is 436. The predicted octanol–water partition coefficient (Wildman–Crippen LogP) is 2.75. The topological polar surface area (TPSA) is 32.3 Å². The van der Waals surface area contributed by atoms with Gasteiger partial charge in [-0.1, -0.05) is 24.3 Å². The lowest BCUT2D eigenvalue weighted by atomic mass is 10.1. The van der Waals surface area contributed by atoms with E-state index in [9.17, 15) is 9.18 Å². The van der Waals surface area contributed by atoms with Gasteiger partial charge in [0.05, 0.1) is 0 Å². The number of carbonyl (C=O) groups excluding carboxylic acids is 1. The van der Waals surface area contributed by atoms with Gasteiger partial charge in [-0.15, -0.1) is 13.2 Å². The van der Waals surface area contributed by atoms with Crippen LogP contribution in [0.1, 0.15) is 5.56 Å². The zero-order chi connectivity index (χ0) is 14.1. The fourth-order valence-electron chi connectivity index (χ4n) is 1.67. The number of rotatable bonds is 7. The summed E-state index contributed by atoms with van der Waals surface area (Å²) in [6, 6.07) is 6.19. The van der Waals surface area contributed by atoms with Gasteiger partial charge in [-0.05, 0) is 24.1 Å². The van der Waals surface area contributed by atoms with Gasteiger partial charge in [0.1, 0.15) is 5.82 Å². The molecule has 0 heterocycles. The van der Waals surface area contributed by atoms with Crippen LogP contribution >= 0.6 is 0 Å². The second-order valence-corrected chi connectivity index (χ2v) is 4.09. The average Bonchev–Trinajstić information content (AvgIpc) is 2.38. The van der Waals surface area contributed by atoms with E-state index >= 15 is 0 Å². The number of benzene rings is 1. The molecule has 1 rings (SSSR count). The summed E-state index contributed by atoms with van der Waals surface area (Å²) < 4.78 is 13.0. The highest BCUT2D eigenvalue weighted by Gasteiger charge is 2.09. The summed E-state index contributed by atoms with van der Waals surface area (Å²) in [7, 11) is 0. The maximum Gasteiger partial charge on any atom is 0.317 e. The van der Waals surface area contributed by atoms with Gasteiger partial charge in [-0.3, -0.25) is 0 Å². The van der Waals surface area contributed by atoms with Crippen LogP contribution in [0.5, 0.6) is 0 Å². The Morgan fingerprint density at radius 2 is 2.00 bits per heavy atom. The van der Waals surface area contributed by atoms with E-state index in [-0.39, 0.29) is 11.8 Å². The minimum absolute atomic E-state index is 0.170. The van der Waals surface area contributed by atoms with Crippen LogP contribution in [-0.2, 0) is 6.42 Å². The molecule has 0 fully saturated rings. The first-order chi connectivity index (χ1) is 9.17. The Kier molecular flexibility index (Phi) is 6.36. The molecule has 3 nitrogen and oxygen atoms in total. The van der Waals surface area contributed by atoms with Crippen LogP contribution in [0.25, 0.3) is 0 Å². The van der Waals surface area contributed by atoms with Crippen molar-refractivity contribution < 1.29 is 9.18 Å². The largest absolute Gasteiger partial charge is 0.338 e. The van der Waals surface area contributed by atoms with Gasteiger partial charge in [0, 0.05) is 19.6 Å². The summed E-state index contributed by atoms with van der Waals surface area (Å²) in [5.41, 5.74) is 0.860. The van der Waals surface area contributed by atoms with Crippen LogP contribution in [0.15, 0.2) is 49.6 Å². The lowest BCUT2D eigenvalue weighted by Crippen LogP contribution is -2.40. The zero-order valence-corrected chi connectivity index (χ0v) is 10.9. The highest BCUT2D eigenvalue weighted by molar-refractivity contribution is 5.74. The molecule has 1 N–H and O–H groups in total. The Labute approximate surface area is 113 Å². The normalized spacial score (nSPS) is 9.74. The van der Waals surface area contributed by atoms with E-state index in [1.807, 2.05) is 6.07 Å². The van der Waals surface area contributed by atoms with Crippen LogP contribution in [0.2, 0.25) is 0 Å². The monoisotopic (exact) mass is 262 g/mol. The molecule has 1 aromatic carbocycles. The molecule has 0 aliphatic rings. The fraction of sp³-hybridized carbons (Fsp3) is 0.267. The van der Waals surface area contributed by atoms with Gasteiger partial charge in [0.15, 0.2) is 0 Å². The van der Waals surface area contributed by atoms with Gasteiger partial charge < -0.3 is 10.2 Å². The second-order valence-electron chi connectivity index (χ2n) is 4.09. The molecule has 0 aliphatic heterocycles. The molecule has 0 saturated carbocycles. The minimum atomic E-state index is -0.260. The molecular formula is C15H19FN2O. The molecule has 0 atom stereocenters. The van der Waals surface area contributed by atoms with Gasteiger partial charge in [-0.25, -0.2) is 9.18 Å². The van der Waals surface area contributed by atoms with Crippen molar-refractivity contribution in [3.05, 3.63) is 61.0 Å². The number of amides is 2. The standard InChI is InChI=1S/C15H19FN2O/c1-3-10-18(11-4-2)15(19)17-9-8-13-6-5-7-14(16)12-13/h3-7,12H,1-2,8-11H2,(H,17,19). The number of nitrogens with one attached hydrogen (secondary N) is 1. The molecule has 0 unspecified atom stereocenters. The lowest BCUT2D eigenvalue weighted by Gasteiger charge is -2.19. The lowest BCUT2D eigenvalue weighted by molar-refractivity contribution is 0.208. The van der Waals surface area contributed by atoms with Crippen LogP contribution in [0, 0.1) is 5.82 Å². The number of urea groups is 1. The Hall–Kier alpha value is -2.10. The van der Waals surface area contributed by atoms with Crippen molar-refractivity contribution in [3.63, 3.8) is 0 Å². The summed E-state index contributed by atoms with van der Waals surface area (Å²) in [4.78, 5) is 13.4. The molecule has 0 aliphatic carbocycles. The summed E-state index contributed by atoms with van der Waals surface area (Å²) in [6.07, 6.45) is 3.92. The van der Waals surface area contributed by atoms with Gasteiger partial charge in [-0.2, -0.15) is 0 Å². The van der Waals surface area contributed by atoms with Crippen LogP contribution < -0.4 is 5.32 Å². The second kappa shape index (κ2) is 8.08. The van der Waals surface area contributed by atoms with E-state index in [0.29, 0.717) is 26.1 Å². The van der Waals surface area contributed by atoms with Crippen LogP contribution in [0.3, 0.4) is 0 Å². The molecule has 4 heteroatoms. The molecule has 1 aromatic rings. The Morgan fingerprint density at radius 1 is 1.32 bits per heavy atom. The Balaban J connectivity index is 2.40.